The van der Waals surface area contributed by atoms with Gasteiger partial charge in [-0.15, -0.1) is 0 Å². The van der Waals surface area contributed by atoms with Crippen LogP contribution >= 0.6 is 0 Å². The molecule has 0 radical (unpaired) electrons. The number of likely N-dealkylation sites (tertiary alicyclic amines) is 2. The Morgan fingerprint density at radius 1 is 1.16 bits per heavy atom. The van der Waals surface area contributed by atoms with Crippen LogP contribution in [0.15, 0.2) is 43.1 Å². The fraction of sp³-hybridized carbons (Fsp3) is 0.500. The second-order valence-corrected chi connectivity index (χ2v) is 10.9. The number of likely N-dealkylation sites (N-methyl/N-ethyl adjacent to an activating group) is 1. The molecule has 2 aliphatic heterocycles. The topological polar surface area (TPSA) is 108 Å². The molecular weight excluding hydrogens is 466 g/mol. The molecule has 5 rings (SSSR count). The molecule has 37 heavy (non-hydrogen) atoms. The number of benzene rings is 1. The molecule has 1 aliphatic carbocycles. The van der Waals surface area contributed by atoms with Crippen LogP contribution in [0.4, 0.5) is 17.3 Å². The van der Waals surface area contributed by atoms with E-state index in [4.69, 9.17) is 10.7 Å². The van der Waals surface area contributed by atoms with Gasteiger partial charge in [-0.1, -0.05) is 25.6 Å². The Kier molecular flexibility index (Phi) is 6.90. The smallest absolute Gasteiger partial charge is 0.271 e. The summed E-state index contributed by atoms with van der Waals surface area (Å²) in [6.07, 6.45) is 8.76. The Labute approximate surface area is 218 Å². The molecule has 3 fully saturated rings. The van der Waals surface area contributed by atoms with Crippen LogP contribution in [-0.4, -0.2) is 76.9 Å². The Hall–Kier alpha value is -3.46. The number of hydrogen-bond acceptors (Lipinski definition) is 7. The summed E-state index contributed by atoms with van der Waals surface area (Å²) in [5, 5.41) is 3.26. The van der Waals surface area contributed by atoms with Crippen LogP contribution in [0.2, 0.25) is 0 Å². The minimum atomic E-state index is -0.639. The van der Waals surface area contributed by atoms with E-state index in [0.717, 1.165) is 18.2 Å². The first kappa shape index (κ1) is 25.2. The number of nitrogens with two attached hydrogens (primary N) is 1. The van der Waals surface area contributed by atoms with Crippen LogP contribution < -0.4 is 16.0 Å². The zero-order valence-electron chi connectivity index (χ0n) is 21.8. The molecule has 2 saturated heterocycles. The van der Waals surface area contributed by atoms with E-state index < -0.39 is 5.91 Å². The van der Waals surface area contributed by atoms with Gasteiger partial charge < -0.3 is 25.8 Å². The van der Waals surface area contributed by atoms with E-state index in [0.29, 0.717) is 24.7 Å². The van der Waals surface area contributed by atoms with Gasteiger partial charge in [0.25, 0.3) is 5.91 Å². The summed E-state index contributed by atoms with van der Waals surface area (Å²) in [6, 6.07) is 9.34. The van der Waals surface area contributed by atoms with E-state index in [2.05, 4.69) is 40.8 Å². The summed E-state index contributed by atoms with van der Waals surface area (Å²) in [6.45, 7) is 9.53. The second kappa shape index (κ2) is 10.1. The molecule has 1 saturated carbocycles. The molecule has 9 nitrogen and oxygen atoms in total. The third kappa shape index (κ3) is 5.32. The Balaban J connectivity index is 1.30. The summed E-state index contributed by atoms with van der Waals surface area (Å²) in [5.41, 5.74) is 8.03. The van der Waals surface area contributed by atoms with Crippen molar-refractivity contribution in [2.75, 3.05) is 43.4 Å². The highest BCUT2D eigenvalue weighted by molar-refractivity contribution is 5.96. The lowest BCUT2D eigenvalue weighted by Crippen LogP contribution is -2.41. The first-order valence-corrected chi connectivity index (χ1v) is 13.2. The average molecular weight is 504 g/mol. The minimum Gasteiger partial charge on any atom is -0.364 e. The van der Waals surface area contributed by atoms with E-state index in [1.165, 1.54) is 50.4 Å². The van der Waals surface area contributed by atoms with Crippen molar-refractivity contribution in [1.29, 1.82) is 0 Å². The molecule has 3 aliphatic rings. The van der Waals surface area contributed by atoms with Crippen molar-refractivity contribution >= 4 is 29.1 Å². The van der Waals surface area contributed by atoms with Crippen LogP contribution in [0.1, 0.15) is 55.1 Å². The van der Waals surface area contributed by atoms with Crippen molar-refractivity contribution in [1.82, 2.24) is 19.8 Å². The molecule has 3 N–H and O–H groups in total. The van der Waals surface area contributed by atoms with Crippen LogP contribution in [-0.2, 0) is 10.2 Å². The summed E-state index contributed by atoms with van der Waals surface area (Å²) in [4.78, 5) is 39.5. The number of carbonyl (C=O) groups is 2. The van der Waals surface area contributed by atoms with Gasteiger partial charge in [-0.2, -0.15) is 0 Å². The molecular formula is C28H37N7O2. The molecule has 3 heterocycles. The normalized spacial score (nSPS) is 21.5. The van der Waals surface area contributed by atoms with Gasteiger partial charge in [-0.25, -0.2) is 9.97 Å². The number of hydrogen-bond donors (Lipinski definition) is 2. The molecule has 0 spiro atoms. The van der Waals surface area contributed by atoms with Crippen LogP contribution in [0.3, 0.4) is 0 Å². The SMILES string of the molecule is C=CC(=O)N1CC[C@@H](N(C)c2cnc(C(N)=O)c(Nc3ccc(C4(C)CCN(C5CC5)CC4)cc3)n2)C1. The van der Waals surface area contributed by atoms with E-state index in [-0.39, 0.29) is 23.1 Å². The summed E-state index contributed by atoms with van der Waals surface area (Å²) < 4.78 is 0. The Morgan fingerprint density at radius 2 is 1.86 bits per heavy atom. The maximum atomic E-state index is 12.1. The predicted octanol–water partition coefficient (Wildman–Crippen LogP) is 3.06. The highest BCUT2D eigenvalue weighted by Crippen LogP contribution is 2.39. The zero-order chi connectivity index (χ0) is 26.2. The summed E-state index contributed by atoms with van der Waals surface area (Å²) in [7, 11) is 1.92. The molecule has 9 heteroatoms. The van der Waals surface area contributed by atoms with E-state index in [1.807, 2.05) is 24.1 Å². The number of aromatic nitrogens is 2. The van der Waals surface area contributed by atoms with Crippen LogP contribution in [0, 0.1) is 0 Å². The zero-order valence-corrected chi connectivity index (χ0v) is 21.8. The van der Waals surface area contributed by atoms with Gasteiger partial charge in [0, 0.05) is 37.9 Å². The van der Waals surface area contributed by atoms with Gasteiger partial charge >= 0.3 is 0 Å². The van der Waals surface area contributed by atoms with E-state index in [9.17, 15) is 9.59 Å². The Morgan fingerprint density at radius 3 is 2.49 bits per heavy atom. The molecule has 0 unspecified atom stereocenters. The largest absolute Gasteiger partial charge is 0.364 e. The molecule has 1 aromatic heterocycles. The number of anilines is 3. The number of piperidine rings is 1. The van der Waals surface area contributed by atoms with Crippen molar-refractivity contribution in [3.8, 4) is 0 Å². The van der Waals surface area contributed by atoms with Crippen molar-refractivity contribution in [3.63, 3.8) is 0 Å². The lowest BCUT2D eigenvalue weighted by Gasteiger charge is -2.40. The molecule has 1 aromatic carbocycles. The highest BCUT2D eigenvalue weighted by atomic mass is 16.2. The number of rotatable bonds is 8. The quantitative estimate of drug-likeness (QED) is 0.533. The third-order valence-corrected chi connectivity index (χ3v) is 8.36. The van der Waals surface area contributed by atoms with E-state index >= 15 is 0 Å². The molecule has 196 valence electrons. The Bertz CT molecular complexity index is 1170. The van der Waals surface area contributed by atoms with Crippen molar-refractivity contribution in [2.24, 2.45) is 5.73 Å². The number of nitrogens with one attached hydrogen (secondary N) is 1. The average Bonchev–Trinajstić information content (AvgIpc) is 3.64. The molecule has 2 aromatic rings. The first-order valence-electron chi connectivity index (χ1n) is 13.2. The van der Waals surface area contributed by atoms with Crippen molar-refractivity contribution < 1.29 is 9.59 Å². The maximum Gasteiger partial charge on any atom is 0.271 e. The highest BCUT2D eigenvalue weighted by Gasteiger charge is 2.37. The minimum absolute atomic E-state index is 0.0702. The second-order valence-electron chi connectivity index (χ2n) is 10.9. The maximum absolute atomic E-state index is 12.1. The summed E-state index contributed by atoms with van der Waals surface area (Å²) in [5.74, 6) is 0.223. The standard InChI is InChI=1S/C28H37N7O2/c1-4-24(36)35-14-11-22(18-35)33(3)23-17-30-25(26(29)37)27(32-23)31-20-7-5-19(6-8-20)28(2)12-15-34(16-13-28)21-9-10-21/h4-8,17,21-22H,1,9-16,18H2,2-3H3,(H2,29,37)(H,31,32)/t22-/m1/s1. The molecule has 1 atom stereocenters. The summed E-state index contributed by atoms with van der Waals surface area (Å²) >= 11 is 0. The van der Waals surface area contributed by atoms with Crippen LogP contribution in [0.25, 0.3) is 0 Å². The predicted molar refractivity (Wildman–Crippen MR) is 145 cm³/mol. The van der Waals surface area contributed by atoms with Gasteiger partial charge in [0.1, 0.15) is 5.82 Å². The number of carbonyl (C=O) groups excluding carboxylic acids is 2. The lowest BCUT2D eigenvalue weighted by atomic mass is 9.74. The number of amides is 2. The first-order chi connectivity index (χ1) is 17.8. The third-order valence-electron chi connectivity index (χ3n) is 8.36. The lowest BCUT2D eigenvalue weighted by molar-refractivity contribution is -0.125. The molecule has 2 amide bonds. The van der Waals surface area contributed by atoms with Gasteiger partial charge in [-0.3, -0.25) is 9.59 Å². The van der Waals surface area contributed by atoms with Crippen molar-refractivity contribution in [2.45, 2.75) is 56.5 Å². The monoisotopic (exact) mass is 503 g/mol. The fourth-order valence-electron chi connectivity index (χ4n) is 5.60. The van der Waals surface area contributed by atoms with Gasteiger partial charge in [-0.05, 0) is 74.4 Å². The van der Waals surface area contributed by atoms with Crippen molar-refractivity contribution in [3.05, 3.63) is 54.4 Å². The number of primary amides is 1. The van der Waals surface area contributed by atoms with Crippen LogP contribution in [0.5, 0.6) is 0 Å². The number of nitrogens with zero attached hydrogens (tertiary/aromatic N) is 5. The molecule has 0 bridgehead atoms. The van der Waals surface area contributed by atoms with Gasteiger partial charge in [0.2, 0.25) is 5.91 Å². The fourth-order valence-corrected chi connectivity index (χ4v) is 5.60. The van der Waals surface area contributed by atoms with Gasteiger partial charge in [0.05, 0.1) is 6.20 Å². The van der Waals surface area contributed by atoms with E-state index in [1.54, 1.807) is 11.1 Å². The van der Waals surface area contributed by atoms with Gasteiger partial charge in [0.15, 0.2) is 11.5 Å².